The van der Waals surface area contributed by atoms with E-state index >= 15 is 0 Å². The van der Waals surface area contributed by atoms with Crippen LogP contribution in [0.1, 0.15) is 31.8 Å². The Balaban J connectivity index is 2.47. The van der Waals surface area contributed by atoms with Gasteiger partial charge in [-0.3, -0.25) is 4.79 Å². The van der Waals surface area contributed by atoms with Crippen molar-refractivity contribution in [3.8, 4) is 0 Å². The van der Waals surface area contributed by atoms with E-state index in [2.05, 4.69) is 19.2 Å². The molecule has 0 aliphatic heterocycles. The quantitative estimate of drug-likeness (QED) is 0.761. The number of hydrogen-bond donors (Lipinski definition) is 2. The van der Waals surface area contributed by atoms with Crippen LogP contribution in [0.5, 0.6) is 0 Å². The molecule has 0 bridgehead atoms. The maximum Gasteiger partial charge on any atom is 0.244 e. The Kier molecular flexibility index (Phi) is 5.65. The van der Waals surface area contributed by atoms with Crippen molar-refractivity contribution in [2.75, 3.05) is 6.61 Å². The van der Waals surface area contributed by atoms with Gasteiger partial charge in [-0.05, 0) is 37.5 Å². The lowest BCUT2D eigenvalue weighted by Gasteiger charge is -2.16. The number of aliphatic hydroxyl groups excluding tert-OH is 1. The zero-order valence-electron chi connectivity index (χ0n) is 11.1. The summed E-state index contributed by atoms with van der Waals surface area (Å²) < 4.78 is 5.31. The monoisotopic (exact) mass is 251 g/mol. The highest BCUT2D eigenvalue weighted by Gasteiger charge is 2.11. The van der Waals surface area contributed by atoms with E-state index in [4.69, 9.17) is 9.52 Å². The molecule has 4 heteroatoms. The van der Waals surface area contributed by atoms with Crippen LogP contribution in [0.4, 0.5) is 0 Å². The molecule has 0 aliphatic rings. The van der Waals surface area contributed by atoms with Crippen LogP contribution in [0, 0.1) is 12.8 Å². The second kappa shape index (κ2) is 7.01. The van der Waals surface area contributed by atoms with Crippen molar-refractivity contribution in [2.45, 2.75) is 33.2 Å². The van der Waals surface area contributed by atoms with E-state index in [1.807, 2.05) is 13.0 Å². The first-order chi connectivity index (χ1) is 8.51. The van der Waals surface area contributed by atoms with E-state index < -0.39 is 0 Å². The zero-order valence-corrected chi connectivity index (χ0v) is 11.1. The maximum absolute atomic E-state index is 11.6. The lowest BCUT2D eigenvalue weighted by Crippen LogP contribution is -2.37. The minimum atomic E-state index is -0.219. The highest BCUT2D eigenvalue weighted by Crippen LogP contribution is 2.08. The van der Waals surface area contributed by atoms with Crippen molar-refractivity contribution in [3.63, 3.8) is 0 Å². The molecule has 1 heterocycles. The van der Waals surface area contributed by atoms with E-state index in [-0.39, 0.29) is 18.6 Å². The van der Waals surface area contributed by atoms with Gasteiger partial charge in [0.05, 0.1) is 12.6 Å². The molecule has 0 saturated heterocycles. The molecule has 2 N–H and O–H groups in total. The van der Waals surface area contributed by atoms with Gasteiger partial charge in [-0.15, -0.1) is 0 Å². The number of amides is 1. The van der Waals surface area contributed by atoms with Crippen LogP contribution in [-0.4, -0.2) is 23.7 Å². The molecular formula is C14H21NO3. The first-order valence-electron chi connectivity index (χ1n) is 6.17. The summed E-state index contributed by atoms with van der Waals surface area (Å²) in [5, 5.41) is 11.9. The summed E-state index contributed by atoms with van der Waals surface area (Å²) in [5.74, 6) is 1.66. The summed E-state index contributed by atoms with van der Waals surface area (Å²) >= 11 is 0. The van der Waals surface area contributed by atoms with Crippen LogP contribution >= 0.6 is 0 Å². The summed E-state index contributed by atoms with van der Waals surface area (Å²) in [5.41, 5.74) is 0. The molecule has 0 saturated carbocycles. The van der Waals surface area contributed by atoms with Crippen LogP contribution < -0.4 is 5.32 Å². The van der Waals surface area contributed by atoms with Crippen LogP contribution in [0.2, 0.25) is 0 Å². The van der Waals surface area contributed by atoms with E-state index in [0.29, 0.717) is 11.7 Å². The molecule has 1 aromatic rings. The van der Waals surface area contributed by atoms with Crippen molar-refractivity contribution in [2.24, 2.45) is 5.92 Å². The smallest absolute Gasteiger partial charge is 0.244 e. The van der Waals surface area contributed by atoms with E-state index in [9.17, 15) is 4.79 Å². The molecule has 4 nitrogen and oxygen atoms in total. The molecule has 1 aromatic heterocycles. The fourth-order valence-electron chi connectivity index (χ4n) is 1.70. The Hall–Kier alpha value is -1.55. The van der Waals surface area contributed by atoms with E-state index in [0.717, 1.165) is 12.2 Å². The minimum Gasteiger partial charge on any atom is -0.462 e. The predicted octanol–water partition coefficient (Wildman–Crippen LogP) is 2.12. The molecule has 0 radical (unpaired) electrons. The summed E-state index contributed by atoms with van der Waals surface area (Å²) in [6.45, 7) is 5.91. The lowest BCUT2D eigenvalue weighted by molar-refractivity contribution is -0.117. The van der Waals surface area contributed by atoms with Gasteiger partial charge in [0.15, 0.2) is 0 Å². The first-order valence-corrected chi connectivity index (χ1v) is 6.17. The van der Waals surface area contributed by atoms with Crippen molar-refractivity contribution in [3.05, 3.63) is 29.7 Å². The lowest BCUT2D eigenvalue weighted by atomic mass is 10.0. The molecule has 1 amide bonds. The molecule has 100 valence electrons. The summed E-state index contributed by atoms with van der Waals surface area (Å²) in [7, 11) is 0. The standard InChI is InChI=1S/C14H21NO3/c1-10(2)8-12(9-16)15-14(17)7-6-13-5-4-11(3)18-13/h4-7,10,12,16H,8-9H2,1-3H3,(H,15,17). The zero-order chi connectivity index (χ0) is 13.5. The second-order valence-electron chi connectivity index (χ2n) is 4.80. The number of carbonyl (C=O) groups excluding carboxylic acids is 1. The number of aliphatic hydroxyl groups is 1. The Morgan fingerprint density at radius 3 is 2.72 bits per heavy atom. The van der Waals surface area contributed by atoms with Gasteiger partial charge in [0.25, 0.3) is 0 Å². The third-order valence-electron chi connectivity index (χ3n) is 2.48. The number of hydrogen-bond acceptors (Lipinski definition) is 3. The second-order valence-corrected chi connectivity index (χ2v) is 4.80. The van der Waals surface area contributed by atoms with Gasteiger partial charge in [0, 0.05) is 6.08 Å². The third-order valence-corrected chi connectivity index (χ3v) is 2.48. The number of furan rings is 1. The summed E-state index contributed by atoms with van der Waals surface area (Å²) in [6, 6.07) is 3.45. The normalized spacial score (nSPS) is 13.2. The van der Waals surface area contributed by atoms with Crippen molar-refractivity contribution in [1.82, 2.24) is 5.32 Å². The van der Waals surface area contributed by atoms with Crippen molar-refractivity contribution in [1.29, 1.82) is 0 Å². The Morgan fingerprint density at radius 1 is 1.50 bits per heavy atom. The fraction of sp³-hybridized carbons (Fsp3) is 0.500. The number of nitrogens with one attached hydrogen (secondary N) is 1. The highest BCUT2D eigenvalue weighted by atomic mass is 16.3. The number of aryl methyl sites for hydroxylation is 1. The average Bonchev–Trinajstić information content (AvgIpc) is 2.71. The van der Waals surface area contributed by atoms with Crippen LogP contribution in [-0.2, 0) is 4.79 Å². The van der Waals surface area contributed by atoms with Gasteiger partial charge in [0.2, 0.25) is 5.91 Å². The molecule has 18 heavy (non-hydrogen) atoms. The van der Waals surface area contributed by atoms with E-state index in [1.54, 1.807) is 12.1 Å². The topological polar surface area (TPSA) is 62.5 Å². The van der Waals surface area contributed by atoms with Gasteiger partial charge in [-0.25, -0.2) is 0 Å². The van der Waals surface area contributed by atoms with Gasteiger partial charge in [0.1, 0.15) is 11.5 Å². The number of rotatable bonds is 6. The molecule has 1 rings (SSSR count). The molecule has 1 unspecified atom stereocenters. The Morgan fingerprint density at radius 2 is 2.22 bits per heavy atom. The van der Waals surface area contributed by atoms with Crippen LogP contribution in [0.25, 0.3) is 6.08 Å². The van der Waals surface area contributed by atoms with Gasteiger partial charge in [-0.2, -0.15) is 0 Å². The van der Waals surface area contributed by atoms with Gasteiger partial charge < -0.3 is 14.8 Å². The predicted molar refractivity (Wildman–Crippen MR) is 71.0 cm³/mol. The van der Waals surface area contributed by atoms with Crippen molar-refractivity contribution >= 4 is 12.0 Å². The summed E-state index contributed by atoms with van der Waals surface area (Å²) in [4.78, 5) is 11.6. The average molecular weight is 251 g/mol. The molecule has 0 aliphatic carbocycles. The molecular weight excluding hydrogens is 230 g/mol. The minimum absolute atomic E-state index is 0.0440. The Labute approximate surface area is 108 Å². The van der Waals surface area contributed by atoms with Crippen LogP contribution in [0.15, 0.2) is 22.6 Å². The highest BCUT2D eigenvalue weighted by molar-refractivity contribution is 5.91. The molecule has 0 aromatic carbocycles. The summed E-state index contributed by atoms with van der Waals surface area (Å²) in [6.07, 6.45) is 3.79. The van der Waals surface area contributed by atoms with Crippen molar-refractivity contribution < 1.29 is 14.3 Å². The van der Waals surface area contributed by atoms with Crippen LogP contribution in [0.3, 0.4) is 0 Å². The Bertz CT molecular complexity index is 407. The number of carbonyl (C=O) groups is 1. The first kappa shape index (κ1) is 14.5. The molecule has 0 spiro atoms. The molecule has 0 fully saturated rings. The van der Waals surface area contributed by atoms with Gasteiger partial charge in [-0.1, -0.05) is 13.8 Å². The third kappa shape index (κ3) is 5.19. The van der Waals surface area contributed by atoms with Gasteiger partial charge >= 0.3 is 0 Å². The largest absolute Gasteiger partial charge is 0.462 e. The SMILES string of the molecule is Cc1ccc(C=CC(=O)NC(CO)CC(C)C)o1. The fourth-order valence-corrected chi connectivity index (χ4v) is 1.70. The molecule has 1 atom stereocenters. The van der Waals surface area contributed by atoms with E-state index in [1.165, 1.54) is 6.08 Å². The maximum atomic E-state index is 11.6.